The highest BCUT2D eigenvalue weighted by Crippen LogP contribution is 2.36. The molecule has 1 aliphatic heterocycles. The van der Waals surface area contributed by atoms with Gasteiger partial charge in [0.05, 0.1) is 11.0 Å². The molecule has 7 heteroatoms. The fourth-order valence-electron chi connectivity index (χ4n) is 3.18. The van der Waals surface area contributed by atoms with E-state index in [2.05, 4.69) is 24.0 Å². The molecule has 1 amide bonds. The van der Waals surface area contributed by atoms with E-state index in [0.29, 0.717) is 12.4 Å². The average molecular weight is 331 g/mol. The molecule has 7 nitrogen and oxygen atoms in total. The number of nitrogens with zero attached hydrogens (tertiary/aromatic N) is 4. The highest BCUT2D eigenvalue weighted by Gasteiger charge is 2.33. The molecule has 1 aliphatic rings. The van der Waals surface area contributed by atoms with Crippen LogP contribution < -0.4 is 10.5 Å². The number of anilines is 1. The van der Waals surface area contributed by atoms with Gasteiger partial charge in [-0.2, -0.15) is 0 Å². The Morgan fingerprint density at radius 2 is 2.12 bits per heavy atom. The van der Waals surface area contributed by atoms with Crippen LogP contribution in [0.5, 0.6) is 5.75 Å². The first-order chi connectivity index (χ1) is 11.4. The van der Waals surface area contributed by atoms with Gasteiger partial charge in [0.1, 0.15) is 5.75 Å². The van der Waals surface area contributed by atoms with Crippen molar-refractivity contribution in [3.8, 4) is 5.75 Å². The third-order valence-electron chi connectivity index (χ3n) is 4.36. The van der Waals surface area contributed by atoms with Crippen LogP contribution in [0.25, 0.3) is 11.0 Å². The zero-order chi connectivity index (χ0) is 17.4. The fraction of sp³-hybridized carbons (Fsp3) is 0.529. The fourth-order valence-corrected chi connectivity index (χ4v) is 3.18. The number of carbonyl (C=O) groups excluding carboxylic acids is 1. The second kappa shape index (κ2) is 6.32. The van der Waals surface area contributed by atoms with E-state index in [-0.39, 0.29) is 5.91 Å². The summed E-state index contributed by atoms with van der Waals surface area (Å²) in [4.78, 5) is 20.4. The monoisotopic (exact) mass is 331 g/mol. The van der Waals surface area contributed by atoms with E-state index in [1.807, 2.05) is 16.7 Å². The SMILES string of the molecule is CN(C)CCCn1c(N)nc2ccc3c(c21)CC(C(=O)N(C)C)O3. The molecule has 24 heavy (non-hydrogen) atoms. The second-order valence-electron chi connectivity index (χ2n) is 6.73. The van der Waals surface area contributed by atoms with Gasteiger partial charge in [-0.3, -0.25) is 4.79 Å². The number of nitrogen functional groups attached to an aromatic ring is 1. The van der Waals surface area contributed by atoms with Crippen LogP contribution in [-0.2, 0) is 17.8 Å². The van der Waals surface area contributed by atoms with Gasteiger partial charge < -0.3 is 24.8 Å². The smallest absolute Gasteiger partial charge is 0.263 e. The largest absolute Gasteiger partial charge is 0.480 e. The molecule has 0 radical (unpaired) electrons. The van der Waals surface area contributed by atoms with Crippen molar-refractivity contribution in [3.05, 3.63) is 17.7 Å². The summed E-state index contributed by atoms with van der Waals surface area (Å²) >= 11 is 0. The summed E-state index contributed by atoms with van der Waals surface area (Å²) in [6.07, 6.45) is 1.07. The number of carbonyl (C=O) groups is 1. The molecule has 3 rings (SSSR count). The van der Waals surface area contributed by atoms with Gasteiger partial charge in [-0.05, 0) is 39.2 Å². The molecule has 1 aromatic carbocycles. The van der Waals surface area contributed by atoms with E-state index in [1.165, 1.54) is 0 Å². The summed E-state index contributed by atoms with van der Waals surface area (Å²) in [5.74, 6) is 1.25. The van der Waals surface area contributed by atoms with E-state index >= 15 is 0 Å². The van der Waals surface area contributed by atoms with Crippen LogP contribution in [0.15, 0.2) is 12.1 Å². The van der Waals surface area contributed by atoms with Gasteiger partial charge in [0.2, 0.25) is 5.95 Å². The van der Waals surface area contributed by atoms with Gasteiger partial charge in [-0.15, -0.1) is 0 Å². The summed E-state index contributed by atoms with van der Waals surface area (Å²) in [6.45, 7) is 1.77. The molecule has 1 unspecified atom stereocenters. The Balaban J connectivity index is 1.94. The molecule has 2 heterocycles. The lowest BCUT2D eigenvalue weighted by atomic mass is 10.1. The van der Waals surface area contributed by atoms with Gasteiger partial charge in [0.15, 0.2) is 6.10 Å². The molecule has 2 aromatic rings. The number of imidazole rings is 1. The van der Waals surface area contributed by atoms with Crippen molar-refractivity contribution in [2.45, 2.75) is 25.5 Å². The third kappa shape index (κ3) is 2.91. The molecular weight excluding hydrogens is 306 g/mol. The number of hydrogen-bond donors (Lipinski definition) is 1. The number of aryl methyl sites for hydroxylation is 1. The number of ether oxygens (including phenoxy) is 1. The summed E-state index contributed by atoms with van der Waals surface area (Å²) in [7, 11) is 7.60. The van der Waals surface area contributed by atoms with Crippen LogP contribution in [0.2, 0.25) is 0 Å². The van der Waals surface area contributed by atoms with Gasteiger partial charge >= 0.3 is 0 Å². The maximum absolute atomic E-state index is 12.2. The quantitative estimate of drug-likeness (QED) is 0.883. The maximum atomic E-state index is 12.2. The van der Waals surface area contributed by atoms with Gasteiger partial charge in [0.25, 0.3) is 5.91 Å². The number of fused-ring (bicyclic) bond motifs is 3. The molecule has 0 saturated heterocycles. The molecule has 0 fully saturated rings. The predicted octanol–water partition coefficient (Wildman–Crippen LogP) is 0.962. The van der Waals surface area contributed by atoms with E-state index in [4.69, 9.17) is 10.5 Å². The molecule has 1 aromatic heterocycles. The number of rotatable bonds is 5. The Labute approximate surface area is 142 Å². The first-order valence-corrected chi connectivity index (χ1v) is 8.18. The minimum Gasteiger partial charge on any atom is -0.480 e. The van der Waals surface area contributed by atoms with Crippen molar-refractivity contribution in [2.75, 3.05) is 40.5 Å². The van der Waals surface area contributed by atoms with E-state index in [1.54, 1.807) is 19.0 Å². The Hall–Kier alpha value is -2.28. The zero-order valence-corrected chi connectivity index (χ0v) is 14.7. The Bertz CT molecular complexity index is 766. The summed E-state index contributed by atoms with van der Waals surface area (Å²) in [5, 5.41) is 0. The number of nitrogens with two attached hydrogens (primary N) is 1. The first-order valence-electron chi connectivity index (χ1n) is 8.18. The van der Waals surface area contributed by atoms with E-state index in [9.17, 15) is 4.79 Å². The van der Waals surface area contributed by atoms with E-state index in [0.717, 1.165) is 41.9 Å². The summed E-state index contributed by atoms with van der Waals surface area (Å²) in [5.41, 5.74) is 9.02. The molecule has 0 bridgehead atoms. The summed E-state index contributed by atoms with van der Waals surface area (Å²) in [6, 6.07) is 3.80. The van der Waals surface area contributed by atoms with Crippen molar-refractivity contribution in [2.24, 2.45) is 0 Å². The highest BCUT2D eigenvalue weighted by molar-refractivity contribution is 5.88. The van der Waals surface area contributed by atoms with Gasteiger partial charge in [-0.25, -0.2) is 4.98 Å². The van der Waals surface area contributed by atoms with Crippen LogP contribution in [0.3, 0.4) is 0 Å². The third-order valence-corrected chi connectivity index (χ3v) is 4.36. The molecule has 0 spiro atoms. The molecule has 0 saturated carbocycles. The second-order valence-corrected chi connectivity index (χ2v) is 6.73. The predicted molar refractivity (Wildman–Crippen MR) is 94.1 cm³/mol. The lowest BCUT2D eigenvalue weighted by Crippen LogP contribution is -2.36. The number of amides is 1. The first kappa shape index (κ1) is 16.6. The van der Waals surface area contributed by atoms with Crippen LogP contribution >= 0.6 is 0 Å². The topological polar surface area (TPSA) is 76.6 Å². The number of aromatic nitrogens is 2. The Morgan fingerprint density at radius 3 is 2.79 bits per heavy atom. The maximum Gasteiger partial charge on any atom is 0.263 e. The molecule has 130 valence electrons. The van der Waals surface area contributed by atoms with Crippen LogP contribution in [-0.4, -0.2) is 66.1 Å². The van der Waals surface area contributed by atoms with Gasteiger partial charge in [0, 0.05) is 32.6 Å². The van der Waals surface area contributed by atoms with Crippen molar-refractivity contribution in [1.82, 2.24) is 19.4 Å². The van der Waals surface area contributed by atoms with Crippen molar-refractivity contribution < 1.29 is 9.53 Å². The van der Waals surface area contributed by atoms with Crippen molar-refractivity contribution >= 4 is 22.9 Å². The molecule has 0 aliphatic carbocycles. The van der Waals surface area contributed by atoms with Crippen LogP contribution in [0, 0.1) is 0 Å². The number of likely N-dealkylation sites (N-methyl/N-ethyl adjacent to an activating group) is 1. The molecule has 2 N–H and O–H groups in total. The lowest BCUT2D eigenvalue weighted by Gasteiger charge is -2.15. The van der Waals surface area contributed by atoms with Crippen molar-refractivity contribution in [1.29, 1.82) is 0 Å². The Kier molecular flexibility index (Phi) is 4.36. The number of hydrogen-bond acceptors (Lipinski definition) is 5. The van der Waals surface area contributed by atoms with Crippen molar-refractivity contribution in [3.63, 3.8) is 0 Å². The van der Waals surface area contributed by atoms with Gasteiger partial charge in [-0.1, -0.05) is 0 Å². The van der Waals surface area contributed by atoms with Crippen LogP contribution in [0.1, 0.15) is 12.0 Å². The zero-order valence-electron chi connectivity index (χ0n) is 14.7. The molecule has 1 atom stereocenters. The molecular formula is C17H25N5O2. The summed E-state index contributed by atoms with van der Waals surface area (Å²) < 4.78 is 7.91. The highest BCUT2D eigenvalue weighted by atomic mass is 16.5. The normalized spacial score (nSPS) is 16.5. The average Bonchev–Trinajstić information content (AvgIpc) is 3.07. The minimum absolute atomic E-state index is 0.0222. The van der Waals surface area contributed by atoms with E-state index < -0.39 is 6.10 Å². The number of benzene rings is 1. The lowest BCUT2D eigenvalue weighted by molar-refractivity contribution is -0.135. The Morgan fingerprint density at radius 1 is 1.38 bits per heavy atom. The standard InChI is InChI=1S/C17H25N5O2/c1-20(2)8-5-9-22-15-11-10-14(16(23)21(3)4)24-13(11)7-6-12(15)19-17(22)18/h6-7,14H,5,8-10H2,1-4H3,(H2,18,19). The minimum atomic E-state index is -0.466. The van der Waals surface area contributed by atoms with Crippen LogP contribution in [0.4, 0.5) is 5.95 Å².